The summed E-state index contributed by atoms with van der Waals surface area (Å²) < 4.78 is 160. The molecule has 0 aliphatic heterocycles. The fourth-order valence-electron chi connectivity index (χ4n) is 6.69. The molecule has 1 atom stereocenters. The maximum absolute atomic E-state index is 13.3. The third-order valence-corrected chi connectivity index (χ3v) is 14.2. The average Bonchev–Trinajstić information content (AvgIpc) is 3.82. The molecule has 314 valence electrons. The van der Waals surface area contributed by atoms with E-state index in [9.17, 15) is 52.7 Å². The molecule has 0 bridgehead atoms. The number of alkyl halides is 12. The van der Waals surface area contributed by atoms with Crippen LogP contribution in [0.2, 0.25) is 0 Å². The van der Waals surface area contributed by atoms with E-state index in [1.807, 2.05) is 0 Å². The van der Waals surface area contributed by atoms with Crippen LogP contribution in [-0.2, 0) is 41.8 Å². The van der Waals surface area contributed by atoms with Gasteiger partial charge in [-0.05, 0) is 164 Å². The molecule has 0 amide bonds. The van der Waals surface area contributed by atoms with E-state index in [2.05, 4.69) is 96.7 Å². The average molecular weight is 911 g/mol. The van der Waals surface area contributed by atoms with Gasteiger partial charge in [-0.15, -0.1) is 0 Å². The van der Waals surface area contributed by atoms with Crippen LogP contribution < -0.4 is 21.2 Å². The third kappa shape index (κ3) is 12.7. The van der Waals surface area contributed by atoms with Crippen molar-refractivity contribution < 1.29 is 69.8 Å². The van der Waals surface area contributed by atoms with Crippen LogP contribution in [0.15, 0.2) is 72.8 Å². The SMILES string of the molecule is Cc1cc(C)cc(P(c2cc(C)cc(C)c2)C(C)[C]2[CH][CH][CH][CH]2)c1.FC(F)(F)c1cc(P([C]2[CH][CH][CH][CH]2)c2cc(C(F)(F)F)cc(C(F)(F)F)c2)cc(C(F)(F)F)c1.[Fe]. The van der Waals surface area contributed by atoms with E-state index in [0.717, 1.165) is 0 Å². The molecule has 0 aromatic heterocycles. The summed E-state index contributed by atoms with van der Waals surface area (Å²) in [6.45, 7) is 11.2. The predicted molar refractivity (Wildman–Crippen MR) is 207 cm³/mol. The number of halogens is 12. The number of rotatable bonds is 7. The minimum absolute atomic E-state index is 0. The molecule has 0 heterocycles. The molecule has 4 aromatic carbocycles. The molecule has 2 aliphatic carbocycles. The third-order valence-electron chi connectivity index (χ3n) is 9.09. The van der Waals surface area contributed by atoms with E-state index in [1.165, 1.54) is 64.5 Å². The van der Waals surface area contributed by atoms with E-state index < -0.39 is 73.4 Å². The van der Waals surface area contributed by atoms with Gasteiger partial charge in [0.2, 0.25) is 0 Å². The largest absolute Gasteiger partial charge is 0.416 e. The Bertz CT molecular complexity index is 1810. The molecule has 4 aromatic rings. The maximum Gasteiger partial charge on any atom is 0.416 e. The van der Waals surface area contributed by atoms with Gasteiger partial charge in [-0.1, -0.05) is 65.6 Å². The molecule has 0 saturated heterocycles. The first kappa shape index (κ1) is 49.1. The van der Waals surface area contributed by atoms with Crippen LogP contribution in [-0.4, -0.2) is 5.66 Å². The van der Waals surface area contributed by atoms with Crippen LogP contribution in [0, 0.1) is 90.6 Å². The zero-order valence-electron chi connectivity index (χ0n) is 31.9. The van der Waals surface area contributed by atoms with Gasteiger partial charge in [-0.2, -0.15) is 52.7 Å². The Morgan fingerprint density at radius 3 is 0.966 bits per heavy atom. The normalized spacial score (nSPS) is 16.3. The summed E-state index contributed by atoms with van der Waals surface area (Å²) >= 11 is 0. The monoisotopic (exact) mass is 910 g/mol. The zero-order chi connectivity index (χ0) is 43.0. The van der Waals surface area contributed by atoms with Crippen molar-refractivity contribution in [2.24, 2.45) is 0 Å². The maximum atomic E-state index is 13.3. The smallest absolute Gasteiger partial charge is 0.166 e. The van der Waals surface area contributed by atoms with E-state index in [1.54, 1.807) is 0 Å². The number of hydrogen-bond donors (Lipinski definition) is 0. The molecule has 1 unspecified atom stereocenters. The molecule has 2 aliphatic rings. The summed E-state index contributed by atoms with van der Waals surface area (Å²) in [6.07, 6.45) is -7.16. The van der Waals surface area contributed by atoms with Crippen molar-refractivity contribution >= 4 is 37.1 Å². The number of benzene rings is 4. The van der Waals surface area contributed by atoms with Gasteiger partial charge in [0.25, 0.3) is 0 Å². The molecular weight excluding hydrogens is 874 g/mol. The van der Waals surface area contributed by atoms with E-state index in [4.69, 9.17) is 0 Å². The van der Waals surface area contributed by atoms with E-state index in [0.29, 0.717) is 29.9 Å². The molecule has 59 heavy (non-hydrogen) atoms. The summed E-state index contributed by atoms with van der Waals surface area (Å²) in [4.78, 5) is 0. The van der Waals surface area contributed by atoms with Crippen LogP contribution in [0.3, 0.4) is 0 Å². The van der Waals surface area contributed by atoms with Crippen molar-refractivity contribution in [3.8, 4) is 0 Å². The molecule has 0 spiro atoms. The Labute approximate surface area is 350 Å². The molecule has 0 nitrogen and oxygen atoms in total. The first-order chi connectivity index (χ1) is 26.8. The van der Waals surface area contributed by atoms with Gasteiger partial charge in [0, 0.05) is 22.7 Å². The topological polar surface area (TPSA) is 0 Å². The molecule has 6 rings (SSSR count). The quantitative estimate of drug-likeness (QED) is 0.0985. The van der Waals surface area contributed by atoms with Gasteiger partial charge in [0.1, 0.15) is 0 Å². The fraction of sp³-hybridized carbons (Fsp3) is 0.227. The van der Waals surface area contributed by atoms with Crippen molar-refractivity contribution in [1.82, 2.24) is 0 Å². The van der Waals surface area contributed by atoms with Crippen LogP contribution in [0.5, 0.6) is 0 Å². The van der Waals surface area contributed by atoms with E-state index >= 15 is 0 Å². The Kier molecular flexibility index (Phi) is 16.0. The summed E-state index contributed by atoms with van der Waals surface area (Å²) in [5.41, 5.74) is -1.04. The minimum atomic E-state index is -5.26. The minimum Gasteiger partial charge on any atom is -0.166 e. The van der Waals surface area contributed by atoms with Gasteiger partial charge in [-0.3, -0.25) is 0 Å². The van der Waals surface area contributed by atoms with E-state index in [-0.39, 0.29) is 34.9 Å². The number of hydrogen-bond acceptors (Lipinski definition) is 0. The van der Waals surface area contributed by atoms with Crippen molar-refractivity contribution in [2.45, 2.75) is 65.0 Å². The Balaban J connectivity index is 0.000000271. The van der Waals surface area contributed by atoms with Gasteiger partial charge in [0.05, 0.1) is 22.3 Å². The van der Waals surface area contributed by atoms with Crippen LogP contribution in [0.4, 0.5) is 52.7 Å². The summed E-state index contributed by atoms with van der Waals surface area (Å²) in [5, 5.41) is 1.55. The van der Waals surface area contributed by atoms with Crippen LogP contribution in [0.25, 0.3) is 0 Å². The predicted octanol–water partition coefficient (Wildman–Crippen LogP) is 12.7. The zero-order valence-corrected chi connectivity index (χ0v) is 34.8. The Morgan fingerprint density at radius 1 is 0.390 bits per heavy atom. The fourth-order valence-corrected chi connectivity index (χ4v) is 12.2. The molecule has 2 saturated carbocycles. The summed E-state index contributed by atoms with van der Waals surface area (Å²) in [5.74, 6) is 1.44. The molecule has 2 fully saturated rings. The molecule has 0 N–H and O–H groups in total. The van der Waals surface area contributed by atoms with Crippen molar-refractivity contribution in [3.63, 3.8) is 0 Å². The first-order valence-corrected chi connectivity index (χ1v) is 20.3. The molecule has 15 heteroatoms. The first-order valence-electron chi connectivity index (χ1n) is 17.6. The van der Waals surface area contributed by atoms with Crippen LogP contribution >= 0.6 is 15.8 Å². The van der Waals surface area contributed by atoms with Gasteiger partial charge >= 0.3 is 24.7 Å². The second-order valence-corrected chi connectivity index (χ2v) is 18.7. The van der Waals surface area contributed by atoms with Gasteiger partial charge in [-0.25, -0.2) is 0 Å². The van der Waals surface area contributed by atoms with Gasteiger partial charge in [0.15, 0.2) is 0 Å². The van der Waals surface area contributed by atoms with Crippen molar-refractivity contribution in [1.29, 1.82) is 0 Å². The second kappa shape index (κ2) is 19.2. The molecule has 10 radical (unpaired) electrons. The van der Waals surface area contributed by atoms with Gasteiger partial charge < -0.3 is 0 Å². The van der Waals surface area contributed by atoms with Crippen LogP contribution in [0.1, 0.15) is 51.4 Å². The standard InChI is InChI=1S/C23H26P.C21H10F12P.Fe/c1-16-10-17(2)13-22(12-16)24(20(5)21-8-6-7-9-21)23-14-18(3)11-19(4)15-23;22-18(23,24)11-5-12(19(25,26)27)8-16(7-11)34(15-3-1-2-4-15)17-9-13(20(28,29)30)6-14(10-17)21(31,32)33;/h6-15,20H,1-5H3;1-10H;. The summed E-state index contributed by atoms with van der Waals surface area (Å²) in [6, 6.07) is 15.0. The Hall–Kier alpha value is -2.58. The van der Waals surface area contributed by atoms with Crippen molar-refractivity contribution in [2.75, 3.05) is 0 Å². The Morgan fingerprint density at radius 2 is 0.678 bits per heavy atom. The van der Waals surface area contributed by atoms with Crippen molar-refractivity contribution in [3.05, 3.63) is 180 Å². The number of aryl methyl sites for hydroxylation is 4. The summed E-state index contributed by atoms with van der Waals surface area (Å²) in [7, 11) is -3.09. The molecular formula is C44H36F12FeP2. The second-order valence-electron chi connectivity index (χ2n) is 14.0.